The van der Waals surface area contributed by atoms with Crippen molar-refractivity contribution in [1.82, 2.24) is 9.55 Å². The molecule has 34 heavy (non-hydrogen) atoms. The van der Waals surface area contributed by atoms with Crippen LogP contribution >= 0.6 is 11.3 Å². The molecule has 4 aromatic rings. The van der Waals surface area contributed by atoms with Crippen LogP contribution in [-0.4, -0.2) is 15.5 Å². The fourth-order valence-corrected chi connectivity index (χ4v) is 5.62. The van der Waals surface area contributed by atoms with E-state index in [4.69, 9.17) is 4.98 Å². The molecule has 0 saturated carbocycles. The zero-order valence-corrected chi connectivity index (χ0v) is 18.8. The quantitative estimate of drug-likeness (QED) is 0.407. The molecule has 1 aliphatic carbocycles. The Balaban J connectivity index is 1.59. The second-order valence-corrected chi connectivity index (χ2v) is 9.26. The second-order valence-electron chi connectivity index (χ2n) is 8.18. The summed E-state index contributed by atoms with van der Waals surface area (Å²) in [5.41, 5.74) is -0.00506. The van der Waals surface area contributed by atoms with Crippen LogP contribution < -0.4 is 10.9 Å². The maximum atomic E-state index is 13.6. The van der Waals surface area contributed by atoms with Crippen molar-refractivity contribution in [3.63, 3.8) is 0 Å². The van der Waals surface area contributed by atoms with Crippen molar-refractivity contribution in [2.75, 3.05) is 5.32 Å². The standard InChI is InChI=1S/C25H20F3N3O2S/c26-25(27,28)17-11-5-6-12-18(17)29-20(32)14-31-22(15-8-2-1-3-9-15)30-23-21(24(31)33)16-10-4-7-13-19(16)34-23/h1-3,5-6,8-9,11-12H,4,7,10,13-14H2,(H,29,32). The minimum absolute atomic E-state index is 0.316. The number of carbonyl (C=O) groups excluding carboxylic acids is 1. The van der Waals surface area contributed by atoms with Crippen molar-refractivity contribution in [3.05, 3.63) is 81.0 Å². The summed E-state index contributed by atoms with van der Waals surface area (Å²) >= 11 is 1.51. The van der Waals surface area contributed by atoms with Crippen LogP contribution in [0.2, 0.25) is 0 Å². The van der Waals surface area contributed by atoms with Gasteiger partial charge in [0.05, 0.1) is 16.6 Å². The number of aromatic nitrogens is 2. The number of hydrogen-bond donors (Lipinski definition) is 1. The summed E-state index contributed by atoms with van der Waals surface area (Å²) in [5, 5.41) is 2.85. The summed E-state index contributed by atoms with van der Waals surface area (Å²) in [5.74, 6) is -0.419. The number of aryl methyl sites for hydroxylation is 2. The zero-order valence-electron chi connectivity index (χ0n) is 18.0. The minimum Gasteiger partial charge on any atom is -0.324 e. The number of fused-ring (bicyclic) bond motifs is 3. The van der Waals surface area contributed by atoms with Crippen LogP contribution in [0.4, 0.5) is 18.9 Å². The molecule has 0 spiro atoms. The first-order chi connectivity index (χ1) is 16.3. The number of hydrogen-bond acceptors (Lipinski definition) is 4. The summed E-state index contributed by atoms with van der Waals surface area (Å²) in [6.07, 6.45) is -0.909. The SMILES string of the molecule is O=C(Cn1c(-c2ccccc2)nc2sc3c(c2c1=O)CCCC3)Nc1ccccc1C(F)(F)F. The van der Waals surface area contributed by atoms with Gasteiger partial charge in [0.15, 0.2) is 0 Å². The molecule has 2 aromatic carbocycles. The van der Waals surface area contributed by atoms with Gasteiger partial charge in [-0.05, 0) is 43.4 Å². The van der Waals surface area contributed by atoms with Gasteiger partial charge in [-0.25, -0.2) is 4.98 Å². The molecular formula is C25H20F3N3O2S. The molecule has 0 aliphatic heterocycles. The molecule has 1 amide bonds. The van der Waals surface area contributed by atoms with E-state index >= 15 is 0 Å². The van der Waals surface area contributed by atoms with E-state index in [0.29, 0.717) is 21.6 Å². The number of nitrogens with one attached hydrogen (secondary N) is 1. The Labute approximate surface area is 196 Å². The molecule has 0 bridgehead atoms. The van der Waals surface area contributed by atoms with E-state index in [9.17, 15) is 22.8 Å². The lowest BCUT2D eigenvalue weighted by atomic mass is 9.97. The molecule has 5 nitrogen and oxygen atoms in total. The zero-order chi connectivity index (χ0) is 23.9. The average molecular weight is 484 g/mol. The summed E-state index contributed by atoms with van der Waals surface area (Å²) in [6, 6.07) is 13.8. The van der Waals surface area contributed by atoms with Crippen molar-refractivity contribution < 1.29 is 18.0 Å². The van der Waals surface area contributed by atoms with Gasteiger partial charge in [0.2, 0.25) is 5.91 Å². The molecule has 2 heterocycles. The highest BCUT2D eigenvalue weighted by Gasteiger charge is 2.33. The van der Waals surface area contributed by atoms with E-state index in [0.717, 1.165) is 42.2 Å². The fraction of sp³-hybridized carbons (Fsp3) is 0.240. The van der Waals surface area contributed by atoms with E-state index in [1.54, 1.807) is 24.3 Å². The Kier molecular flexibility index (Phi) is 5.73. The summed E-state index contributed by atoms with van der Waals surface area (Å²) in [4.78, 5) is 33.1. The van der Waals surface area contributed by atoms with Crippen molar-refractivity contribution in [2.24, 2.45) is 0 Å². The molecular weight excluding hydrogens is 463 g/mol. The molecule has 0 fully saturated rings. The Morgan fingerprint density at radius 2 is 1.74 bits per heavy atom. The number of carbonyl (C=O) groups is 1. The van der Waals surface area contributed by atoms with Crippen molar-refractivity contribution in [2.45, 2.75) is 38.4 Å². The van der Waals surface area contributed by atoms with Crippen LogP contribution in [0.5, 0.6) is 0 Å². The molecule has 1 aliphatic rings. The number of halogens is 3. The van der Waals surface area contributed by atoms with Crippen LogP contribution in [0, 0.1) is 0 Å². The lowest BCUT2D eigenvalue weighted by molar-refractivity contribution is -0.137. The number of anilines is 1. The Bertz CT molecular complexity index is 1440. The average Bonchev–Trinajstić information content (AvgIpc) is 3.20. The highest BCUT2D eigenvalue weighted by molar-refractivity contribution is 7.18. The highest BCUT2D eigenvalue weighted by Crippen LogP contribution is 2.36. The lowest BCUT2D eigenvalue weighted by Gasteiger charge is -2.16. The van der Waals surface area contributed by atoms with E-state index in [2.05, 4.69) is 5.32 Å². The first-order valence-corrected chi connectivity index (χ1v) is 11.7. The second kappa shape index (κ2) is 8.72. The number of para-hydroxylation sites is 1. The number of benzene rings is 2. The minimum atomic E-state index is -4.62. The third-order valence-corrected chi connectivity index (χ3v) is 7.10. The number of nitrogens with zero attached hydrogens (tertiary/aromatic N) is 2. The molecule has 1 N–H and O–H groups in total. The van der Waals surface area contributed by atoms with Gasteiger partial charge in [-0.1, -0.05) is 42.5 Å². The number of rotatable bonds is 4. The van der Waals surface area contributed by atoms with Gasteiger partial charge in [0, 0.05) is 10.4 Å². The topological polar surface area (TPSA) is 64.0 Å². The third kappa shape index (κ3) is 4.11. The summed E-state index contributed by atoms with van der Waals surface area (Å²) in [7, 11) is 0. The van der Waals surface area contributed by atoms with Gasteiger partial charge in [0.25, 0.3) is 5.56 Å². The van der Waals surface area contributed by atoms with Crippen LogP contribution in [0.25, 0.3) is 21.6 Å². The molecule has 0 radical (unpaired) electrons. The van der Waals surface area contributed by atoms with Gasteiger partial charge in [0.1, 0.15) is 17.2 Å². The predicted octanol–water partition coefficient (Wildman–Crippen LogP) is 5.66. The van der Waals surface area contributed by atoms with E-state index in [1.165, 1.54) is 34.1 Å². The summed E-state index contributed by atoms with van der Waals surface area (Å²) in [6.45, 7) is -0.456. The van der Waals surface area contributed by atoms with Crippen molar-refractivity contribution in [1.29, 1.82) is 0 Å². The molecule has 5 rings (SSSR count). The molecule has 2 aromatic heterocycles. The monoisotopic (exact) mass is 483 g/mol. The maximum Gasteiger partial charge on any atom is 0.418 e. The molecule has 174 valence electrons. The number of amides is 1. The van der Waals surface area contributed by atoms with Crippen LogP contribution in [-0.2, 0) is 30.4 Å². The fourth-order valence-electron chi connectivity index (χ4n) is 4.37. The van der Waals surface area contributed by atoms with Gasteiger partial charge in [-0.15, -0.1) is 11.3 Å². The maximum absolute atomic E-state index is 13.6. The van der Waals surface area contributed by atoms with Crippen LogP contribution in [0.1, 0.15) is 28.8 Å². The first kappa shape index (κ1) is 22.3. The molecule has 0 atom stereocenters. The van der Waals surface area contributed by atoms with Gasteiger partial charge in [-0.2, -0.15) is 13.2 Å². The summed E-state index contributed by atoms with van der Waals surface area (Å²) < 4.78 is 41.3. The Morgan fingerprint density at radius 3 is 2.50 bits per heavy atom. The number of thiophene rings is 1. The van der Waals surface area contributed by atoms with Gasteiger partial charge >= 0.3 is 6.18 Å². The van der Waals surface area contributed by atoms with E-state index in [-0.39, 0.29) is 11.2 Å². The van der Waals surface area contributed by atoms with Crippen molar-refractivity contribution in [3.8, 4) is 11.4 Å². The first-order valence-electron chi connectivity index (χ1n) is 10.9. The highest BCUT2D eigenvalue weighted by atomic mass is 32.1. The van der Waals surface area contributed by atoms with Gasteiger partial charge in [-0.3, -0.25) is 14.2 Å². The lowest BCUT2D eigenvalue weighted by Crippen LogP contribution is -2.30. The van der Waals surface area contributed by atoms with Gasteiger partial charge < -0.3 is 5.32 Å². The molecule has 0 saturated heterocycles. The predicted molar refractivity (Wildman–Crippen MR) is 126 cm³/mol. The van der Waals surface area contributed by atoms with Crippen LogP contribution in [0.3, 0.4) is 0 Å². The Hall–Kier alpha value is -3.46. The molecule has 0 unspecified atom stereocenters. The van der Waals surface area contributed by atoms with Crippen molar-refractivity contribution >= 4 is 33.1 Å². The van der Waals surface area contributed by atoms with Crippen LogP contribution in [0.15, 0.2) is 59.4 Å². The largest absolute Gasteiger partial charge is 0.418 e. The van der Waals surface area contributed by atoms with E-state index in [1.807, 2.05) is 6.07 Å². The van der Waals surface area contributed by atoms with E-state index < -0.39 is 24.2 Å². The number of alkyl halides is 3. The smallest absolute Gasteiger partial charge is 0.324 e. The third-order valence-electron chi connectivity index (χ3n) is 5.92. The Morgan fingerprint density at radius 1 is 1.03 bits per heavy atom. The molecule has 9 heteroatoms. The normalized spacial score (nSPS) is 13.6.